The number of carbonyl (C=O) groups excluding carboxylic acids is 2. The van der Waals surface area contributed by atoms with Gasteiger partial charge in [0.2, 0.25) is 11.8 Å². The van der Waals surface area contributed by atoms with Gasteiger partial charge >= 0.3 is 0 Å². The lowest BCUT2D eigenvalue weighted by Crippen LogP contribution is -2.52. The predicted molar refractivity (Wildman–Crippen MR) is 160 cm³/mol. The summed E-state index contributed by atoms with van der Waals surface area (Å²) in [5.74, 6) is -0.934. The third kappa shape index (κ3) is 7.54. The summed E-state index contributed by atoms with van der Waals surface area (Å²) in [5.41, 5.74) is 1.66. The first-order valence-electron chi connectivity index (χ1n) is 12.3. The van der Waals surface area contributed by atoms with Crippen LogP contribution in [0.3, 0.4) is 0 Å². The van der Waals surface area contributed by atoms with Crippen molar-refractivity contribution >= 4 is 66.7 Å². The van der Waals surface area contributed by atoms with Crippen LogP contribution in [0.5, 0.6) is 0 Å². The lowest BCUT2D eigenvalue weighted by atomic mass is 10.1. The smallest absolute Gasteiger partial charge is 0.264 e. The second kappa shape index (κ2) is 13.7. The molecule has 0 aliphatic heterocycles. The second-order valence-corrected chi connectivity index (χ2v) is 12.4. The number of nitrogens with one attached hydrogen (secondary N) is 1. The van der Waals surface area contributed by atoms with Gasteiger partial charge in [0.15, 0.2) is 0 Å². The molecule has 3 aromatic carbocycles. The number of likely N-dealkylation sites (N-methyl/N-ethyl adjacent to an activating group) is 1. The molecular weight excluding hydrogens is 625 g/mol. The molecule has 0 aliphatic carbocycles. The highest BCUT2D eigenvalue weighted by Gasteiger charge is 2.34. The van der Waals surface area contributed by atoms with E-state index in [0.717, 1.165) is 14.3 Å². The molecule has 0 aromatic heterocycles. The maximum Gasteiger partial charge on any atom is 0.264 e. The number of hydrogen-bond donors (Lipinski definition) is 1. The number of carbonyl (C=O) groups is 2. The molecule has 7 nitrogen and oxygen atoms in total. The maximum atomic E-state index is 14.0. The molecule has 3 aromatic rings. The van der Waals surface area contributed by atoms with Gasteiger partial charge in [-0.2, -0.15) is 0 Å². The van der Waals surface area contributed by atoms with Crippen LogP contribution in [0.1, 0.15) is 31.4 Å². The SMILES string of the molecule is CCNC(=O)[C@H](CC)N(Cc1c(Cl)cccc1Cl)C(=O)CN(c1ccc(Br)cc1)S(=O)(=O)c1ccc(C)cc1. The highest BCUT2D eigenvalue weighted by atomic mass is 79.9. The van der Waals surface area contributed by atoms with E-state index >= 15 is 0 Å². The Morgan fingerprint density at radius 1 is 0.949 bits per heavy atom. The molecule has 208 valence electrons. The number of amides is 2. The fourth-order valence-corrected chi connectivity index (χ4v) is 6.23. The summed E-state index contributed by atoms with van der Waals surface area (Å²) in [7, 11) is -4.15. The molecule has 0 aliphatic rings. The number of anilines is 1. The molecule has 0 saturated heterocycles. The van der Waals surface area contributed by atoms with E-state index in [2.05, 4.69) is 21.2 Å². The van der Waals surface area contributed by atoms with E-state index in [4.69, 9.17) is 23.2 Å². The lowest BCUT2D eigenvalue weighted by molar-refractivity contribution is -0.140. The van der Waals surface area contributed by atoms with Crippen LogP contribution < -0.4 is 9.62 Å². The van der Waals surface area contributed by atoms with Gasteiger partial charge in [0, 0.05) is 33.2 Å². The van der Waals surface area contributed by atoms with Crippen molar-refractivity contribution in [3.05, 3.63) is 92.4 Å². The van der Waals surface area contributed by atoms with Crippen LogP contribution in [0.4, 0.5) is 5.69 Å². The molecule has 0 saturated carbocycles. The molecule has 1 N–H and O–H groups in total. The molecule has 3 rings (SSSR count). The summed E-state index contributed by atoms with van der Waals surface area (Å²) < 4.78 is 29.5. The number of aryl methyl sites for hydroxylation is 1. The van der Waals surface area contributed by atoms with E-state index in [1.807, 2.05) is 6.92 Å². The van der Waals surface area contributed by atoms with Gasteiger partial charge in [-0.1, -0.05) is 69.8 Å². The van der Waals surface area contributed by atoms with Crippen LogP contribution in [0.25, 0.3) is 0 Å². The first-order valence-corrected chi connectivity index (χ1v) is 15.3. The molecule has 0 unspecified atom stereocenters. The lowest BCUT2D eigenvalue weighted by Gasteiger charge is -2.33. The van der Waals surface area contributed by atoms with E-state index in [9.17, 15) is 18.0 Å². The van der Waals surface area contributed by atoms with Crippen molar-refractivity contribution in [2.45, 2.75) is 44.7 Å². The van der Waals surface area contributed by atoms with Crippen molar-refractivity contribution < 1.29 is 18.0 Å². The Morgan fingerprint density at radius 2 is 1.54 bits per heavy atom. The Balaban J connectivity index is 2.09. The van der Waals surface area contributed by atoms with E-state index in [-0.39, 0.29) is 17.3 Å². The largest absolute Gasteiger partial charge is 0.355 e. The Hall–Kier alpha value is -2.59. The van der Waals surface area contributed by atoms with Gasteiger partial charge < -0.3 is 10.2 Å². The molecule has 11 heteroatoms. The van der Waals surface area contributed by atoms with Crippen molar-refractivity contribution in [3.8, 4) is 0 Å². The zero-order valence-corrected chi connectivity index (χ0v) is 25.7. The van der Waals surface area contributed by atoms with Crippen LogP contribution in [0, 0.1) is 6.92 Å². The van der Waals surface area contributed by atoms with Crippen molar-refractivity contribution in [2.75, 3.05) is 17.4 Å². The topological polar surface area (TPSA) is 86.8 Å². The fourth-order valence-electron chi connectivity index (χ4n) is 4.04. The maximum absolute atomic E-state index is 14.0. The number of nitrogens with zero attached hydrogens (tertiary/aromatic N) is 2. The quantitative estimate of drug-likeness (QED) is 0.267. The van der Waals surface area contributed by atoms with Crippen LogP contribution in [0.15, 0.2) is 76.1 Å². The van der Waals surface area contributed by atoms with Gasteiger partial charge in [0.05, 0.1) is 10.6 Å². The molecule has 2 amide bonds. The minimum Gasteiger partial charge on any atom is -0.355 e. The Morgan fingerprint density at radius 3 is 2.08 bits per heavy atom. The normalized spacial score (nSPS) is 12.1. The molecule has 0 fully saturated rings. The summed E-state index contributed by atoms with van der Waals surface area (Å²) in [6, 6.07) is 17.1. The standard InChI is InChI=1S/C28H30BrCl2N3O4S/c1-4-26(28(36)32-5-2)33(17-23-24(30)7-6-8-25(23)31)27(35)18-34(21-13-11-20(29)12-14-21)39(37,38)22-15-9-19(3)10-16-22/h6-16,26H,4-5,17-18H2,1-3H3,(H,32,36)/t26-/m0/s1. The summed E-state index contributed by atoms with van der Waals surface area (Å²) in [5, 5.41) is 3.44. The van der Waals surface area contributed by atoms with E-state index < -0.39 is 28.5 Å². The first kappa shape index (κ1) is 30.9. The summed E-state index contributed by atoms with van der Waals surface area (Å²) in [4.78, 5) is 28.4. The van der Waals surface area contributed by atoms with Gasteiger partial charge in [0.25, 0.3) is 10.0 Å². The number of benzene rings is 3. The summed E-state index contributed by atoms with van der Waals surface area (Å²) in [6.07, 6.45) is 0.294. The van der Waals surface area contributed by atoms with Gasteiger partial charge in [0.1, 0.15) is 12.6 Å². The monoisotopic (exact) mass is 653 g/mol. The van der Waals surface area contributed by atoms with Crippen molar-refractivity contribution in [1.29, 1.82) is 0 Å². The number of halogens is 3. The zero-order valence-electron chi connectivity index (χ0n) is 21.8. The summed E-state index contributed by atoms with van der Waals surface area (Å²) >= 11 is 16.2. The molecule has 1 atom stereocenters. The van der Waals surface area contributed by atoms with Gasteiger partial charge in [-0.3, -0.25) is 13.9 Å². The average molecular weight is 655 g/mol. The van der Waals surface area contributed by atoms with Gasteiger partial charge in [-0.05, 0) is 68.8 Å². The zero-order chi connectivity index (χ0) is 28.7. The van der Waals surface area contributed by atoms with Crippen molar-refractivity contribution in [1.82, 2.24) is 10.2 Å². The van der Waals surface area contributed by atoms with E-state index in [1.165, 1.54) is 17.0 Å². The molecule has 0 radical (unpaired) electrons. The first-order chi connectivity index (χ1) is 18.5. The van der Waals surface area contributed by atoms with Gasteiger partial charge in [-0.15, -0.1) is 0 Å². The van der Waals surface area contributed by atoms with Crippen molar-refractivity contribution in [3.63, 3.8) is 0 Å². The molecular formula is C28H30BrCl2N3O4S. The molecule has 0 bridgehead atoms. The molecule has 0 spiro atoms. The predicted octanol–water partition coefficient (Wildman–Crippen LogP) is 6.20. The van der Waals surface area contributed by atoms with Gasteiger partial charge in [-0.25, -0.2) is 8.42 Å². The van der Waals surface area contributed by atoms with Crippen LogP contribution >= 0.6 is 39.1 Å². The molecule has 39 heavy (non-hydrogen) atoms. The average Bonchev–Trinajstić information content (AvgIpc) is 2.89. The van der Waals surface area contributed by atoms with Crippen LogP contribution in [-0.4, -0.2) is 44.3 Å². The number of rotatable bonds is 11. The number of hydrogen-bond acceptors (Lipinski definition) is 4. The Kier molecular flexibility index (Phi) is 10.8. The third-order valence-corrected chi connectivity index (χ3v) is 9.15. The summed E-state index contributed by atoms with van der Waals surface area (Å²) in [6.45, 7) is 5.17. The molecule has 0 heterocycles. The Labute approximate surface area is 248 Å². The fraction of sp³-hybridized carbons (Fsp3) is 0.286. The van der Waals surface area contributed by atoms with E-state index in [1.54, 1.807) is 68.4 Å². The second-order valence-electron chi connectivity index (χ2n) is 8.84. The Bertz CT molecular complexity index is 1400. The highest BCUT2D eigenvalue weighted by molar-refractivity contribution is 9.10. The van der Waals surface area contributed by atoms with E-state index in [0.29, 0.717) is 34.3 Å². The van der Waals surface area contributed by atoms with Crippen LogP contribution in [0.2, 0.25) is 10.0 Å². The third-order valence-electron chi connectivity index (χ3n) is 6.13. The minimum atomic E-state index is -4.15. The van der Waals surface area contributed by atoms with Crippen molar-refractivity contribution in [2.24, 2.45) is 0 Å². The highest BCUT2D eigenvalue weighted by Crippen LogP contribution is 2.29. The minimum absolute atomic E-state index is 0.0419. The van der Waals surface area contributed by atoms with Crippen LogP contribution in [-0.2, 0) is 26.2 Å². The number of sulfonamides is 1.